The van der Waals surface area contributed by atoms with Crippen LogP contribution in [0.25, 0.3) is 22.4 Å². The van der Waals surface area contributed by atoms with Gasteiger partial charge in [0.05, 0.1) is 5.56 Å². The highest BCUT2D eigenvalue weighted by Crippen LogP contribution is 2.39. The quantitative estimate of drug-likeness (QED) is 0.436. The molecule has 4 aromatic rings. The first-order valence-electron chi connectivity index (χ1n) is 9.34. The zero-order chi connectivity index (χ0) is 21.8. The van der Waals surface area contributed by atoms with Gasteiger partial charge in [-0.15, -0.1) is 11.6 Å². The highest BCUT2D eigenvalue weighted by molar-refractivity contribution is 6.17. The fourth-order valence-electron chi connectivity index (χ4n) is 3.17. The highest BCUT2D eigenvalue weighted by atomic mass is 35.5. The van der Waals surface area contributed by atoms with Gasteiger partial charge in [0.25, 0.3) is 5.91 Å². The molecule has 0 fully saturated rings. The Balaban J connectivity index is 1.81. The van der Waals surface area contributed by atoms with E-state index in [1.165, 1.54) is 0 Å². The number of aromatic nitrogens is 2. The van der Waals surface area contributed by atoms with Crippen molar-refractivity contribution in [1.29, 1.82) is 0 Å². The number of primary amides is 1. The van der Waals surface area contributed by atoms with E-state index in [2.05, 4.69) is 15.5 Å². The Morgan fingerprint density at radius 2 is 1.71 bits per heavy atom. The number of nitrogens with two attached hydrogens (primary N) is 1. The number of nitrogens with zero attached hydrogens (tertiary/aromatic N) is 2. The Morgan fingerprint density at radius 1 is 1.00 bits per heavy atom. The Hall–Kier alpha value is -3.97. The average Bonchev–Trinajstić information content (AvgIpc) is 3.22. The van der Waals surface area contributed by atoms with Crippen molar-refractivity contribution in [1.82, 2.24) is 10.1 Å². The summed E-state index contributed by atoms with van der Waals surface area (Å²) in [6, 6.07) is 17.2. The van der Waals surface area contributed by atoms with Gasteiger partial charge in [0.15, 0.2) is 0 Å². The molecule has 2 aromatic heterocycles. The molecule has 8 heteroatoms. The second-order valence-corrected chi connectivity index (χ2v) is 6.93. The summed E-state index contributed by atoms with van der Waals surface area (Å²) in [6.07, 6.45) is 3.23. The average molecular weight is 433 g/mol. The third-order valence-corrected chi connectivity index (χ3v) is 5.01. The second-order valence-electron chi connectivity index (χ2n) is 6.67. The maximum absolute atomic E-state index is 12.8. The van der Waals surface area contributed by atoms with Gasteiger partial charge in [-0.1, -0.05) is 35.5 Å². The van der Waals surface area contributed by atoms with E-state index in [0.29, 0.717) is 33.8 Å². The van der Waals surface area contributed by atoms with Gasteiger partial charge < -0.3 is 10.3 Å². The minimum atomic E-state index is -0.605. The first-order valence-corrected chi connectivity index (χ1v) is 9.87. The van der Waals surface area contributed by atoms with Gasteiger partial charge in [-0.2, -0.15) is 0 Å². The standard InChI is InChI=1S/C23H17ClN4O3/c24-13-14-5-7-16(8-6-14)22(30)27-23-19(17-3-1-2-4-18(17)21(25)29)20(28-31-23)15-9-11-26-12-10-15/h1-12H,13H2,(H2,25,29)(H,27,30). The van der Waals surface area contributed by atoms with Crippen LogP contribution < -0.4 is 11.1 Å². The molecule has 0 radical (unpaired) electrons. The molecule has 0 aliphatic carbocycles. The van der Waals surface area contributed by atoms with Crippen molar-refractivity contribution in [2.45, 2.75) is 5.88 Å². The van der Waals surface area contributed by atoms with E-state index in [4.69, 9.17) is 21.9 Å². The summed E-state index contributed by atoms with van der Waals surface area (Å²) in [7, 11) is 0. The third-order valence-electron chi connectivity index (χ3n) is 4.71. The number of alkyl halides is 1. The zero-order valence-electron chi connectivity index (χ0n) is 16.2. The smallest absolute Gasteiger partial charge is 0.258 e. The lowest BCUT2D eigenvalue weighted by Gasteiger charge is -2.09. The molecule has 0 spiro atoms. The van der Waals surface area contributed by atoms with E-state index in [1.54, 1.807) is 73.1 Å². The van der Waals surface area contributed by atoms with Crippen LogP contribution in [0.2, 0.25) is 0 Å². The fourth-order valence-corrected chi connectivity index (χ4v) is 3.35. The van der Waals surface area contributed by atoms with Crippen molar-refractivity contribution in [2.75, 3.05) is 5.32 Å². The van der Waals surface area contributed by atoms with E-state index in [0.717, 1.165) is 5.56 Å². The van der Waals surface area contributed by atoms with E-state index < -0.39 is 11.8 Å². The van der Waals surface area contributed by atoms with E-state index in [9.17, 15) is 9.59 Å². The summed E-state index contributed by atoms with van der Waals surface area (Å²) >= 11 is 5.81. The van der Waals surface area contributed by atoms with Gasteiger partial charge in [0.1, 0.15) is 5.69 Å². The summed E-state index contributed by atoms with van der Waals surface area (Å²) in [4.78, 5) is 28.9. The first kappa shape index (κ1) is 20.3. The number of nitrogens with one attached hydrogen (secondary N) is 1. The van der Waals surface area contributed by atoms with Crippen LogP contribution >= 0.6 is 11.6 Å². The SMILES string of the molecule is NC(=O)c1ccccc1-c1c(-c2ccncc2)noc1NC(=O)c1ccc(CCl)cc1. The predicted molar refractivity (Wildman–Crippen MR) is 118 cm³/mol. The normalized spacial score (nSPS) is 10.6. The largest absolute Gasteiger partial charge is 0.366 e. The van der Waals surface area contributed by atoms with Crippen molar-refractivity contribution in [3.63, 3.8) is 0 Å². The van der Waals surface area contributed by atoms with Crippen LogP contribution in [-0.2, 0) is 5.88 Å². The lowest BCUT2D eigenvalue weighted by atomic mass is 9.96. The van der Waals surface area contributed by atoms with Crippen molar-refractivity contribution in [3.05, 3.63) is 89.7 Å². The molecule has 0 saturated heterocycles. The molecule has 0 aliphatic heterocycles. The molecule has 2 aromatic carbocycles. The molecular weight excluding hydrogens is 416 g/mol. The summed E-state index contributed by atoms with van der Waals surface area (Å²) in [5.74, 6) is -0.539. The number of carbonyl (C=O) groups is 2. The summed E-state index contributed by atoms with van der Waals surface area (Å²) in [5.41, 5.74) is 9.28. The number of benzene rings is 2. The van der Waals surface area contributed by atoms with E-state index in [1.807, 2.05) is 0 Å². The van der Waals surface area contributed by atoms with Crippen LogP contribution in [-0.4, -0.2) is 22.0 Å². The summed E-state index contributed by atoms with van der Waals surface area (Å²) < 4.78 is 5.50. The van der Waals surface area contributed by atoms with Gasteiger partial charge in [-0.05, 0) is 35.9 Å². The monoisotopic (exact) mass is 432 g/mol. The number of carbonyl (C=O) groups excluding carboxylic acids is 2. The topological polar surface area (TPSA) is 111 Å². The van der Waals surface area contributed by atoms with Crippen LogP contribution in [0.1, 0.15) is 26.3 Å². The van der Waals surface area contributed by atoms with Crippen LogP contribution in [0.5, 0.6) is 0 Å². The molecule has 0 bridgehead atoms. The Morgan fingerprint density at radius 3 is 2.39 bits per heavy atom. The molecule has 7 nitrogen and oxygen atoms in total. The number of rotatable bonds is 6. The molecular formula is C23H17ClN4O3. The molecule has 0 unspecified atom stereocenters. The lowest BCUT2D eigenvalue weighted by molar-refractivity contribution is 0.0998. The van der Waals surface area contributed by atoms with Crippen LogP contribution in [0, 0.1) is 0 Å². The lowest BCUT2D eigenvalue weighted by Crippen LogP contribution is -2.14. The number of anilines is 1. The minimum absolute atomic E-state index is 0.104. The molecule has 2 amide bonds. The summed E-state index contributed by atoms with van der Waals surface area (Å²) in [6.45, 7) is 0. The molecule has 2 heterocycles. The number of amides is 2. The van der Waals surface area contributed by atoms with Crippen molar-refractivity contribution in [2.24, 2.45) is 5.73 Å². The molecule has 0 saturated carbocycles. The second kappa shape index (κ2) is 8.81. The van der Waals surface area contributed by atoms with Crippen molar-refractivity contribution >= 4 is 29.3 Å². The van der Waals surface area contributed by atoms with Gasteiger partial charge in [0, 0.05) is 40.5 Å². The van der Waals surface area contributed by atoms with E-state index >= 15 is 0 Å². The van der Waals surface area contributed by atoms with Gasteiger partial charge in [-0.25, -0.2) is 0 Å². The van der Waals surface area contributed by atoms with Gasteiger partial charge in [0.2, 0.25) is 11.8 Å². The molecule has 154 valence electrons. The van der Waals surface area contributed by atoms with Gasteiger partial charge in [-0.3, -0.25) is 19.9 Å². The predicted octanol–water partition coefficient (Wildman–Crippen LogP) is 4.49. The number of halogens is 1. The highest BCUT2D eigenvalue weighted by Gasteiger charge is 2.24. The van der Waals surface area contributed by atoms with Crippen LogP contribution in [0.3, 0.4) is 0 Å². The first-order chi connectivity index (χ1) is 15.1. The zero-order valence-corrected chi connectivity index (χ0v) is 17.0. The third kappa shape index (κ3) is 4.17. The van der Waals surface area contributed by atoms with Gasteiger partial charge >= 0.3 is 0 Å². The molecule has 31 heavy (non-hydrogen) atoms. The Labute approximate surface area is 182 Å². The maximum atomic E-state index is 12.8. The molecule has 0 aliphatic rings. The van der Waals surface area contributed by atoms with Crippen LogP contribution in [0.4, 0.5) is 5.88 Å². The molecule has 3 N–H and O–H groups in total. The Bertz CT molecular complexity index is 1240. The number of pyridine rings is 1. The summed E-state index contributed by atoms with van der Waals surface area (Å²) in [5, 5.41) is 6.90. The number of hydrogen-bond donors (Lipinski definition) is 2. The maximum Gasteiger partial charge on any atom is 0.258 e. The van der Waals surface area contributed by atoms with Crippen molar-refractivity contribution in [3.8, 4) is 22.4 Å². The number of hydrogen-bond acceptors (Lipinski definition) is 5. The fraction of sp³-hybridized carbons (Fsp3) is 0.0435. The molecule has 4 rings (SSSR count). The van der Waals surface area contributed by atoms with E-state index in [-0.39, 0.29) is 11.4 Å². The van der Waals surface area contributed by atoms with Crippen LogP contribution in [0.15, 0.2) is 77.6 Å². The molecule has 0 atom stereocenters. The van der Waals surface area contributed by atoms with Crippen molar-refractivity contribution < 1.29 is 14.1 Å². The Kier molecular flexibility index (Phi) is 5.77. The minimum Gasteiger partial charge on any atom is -0.366 e.